The van der Waals surface area contributed by atoms with Crippen molar-refractivity contribution < 1.29 is 28.6 Å². The van der Waals surface area contributed by atoms with Gasteiger partial charge in [-0.15, -0.1) is 0 Å². The summed E-state index contributed by atoms with van der Waals surface area (Å²) in [4.78, 5) is 56.9. The number of anilines is 2. The third kappa shape index (κ3) is 5.14. The van der Waals surface area contributed by atoms with Crippen molar-refractivity contribution in [1.82, 2.24) is 4.98 Å². The lowest BCUT2D eigenvalue weighted by atomic mass is 9.83. The number of ether oxygens (including phenoxy) is 3. The number of nitrogens with zero attached hydrogens (tertiary/aromatic N) is 1. The van der Waals surface area contributed by atoms with Crippen LogP contribution in [0.2, 0.25) is 0 Å². The maximum atomic E-state index is 13.9. The summed E-state index contributed by atoms with van der Waals surface area (Å²) in [5.74, 6) is -0.636. The number of carbonyl (C=O) groups is 3. The number of aromatic amines is 1. The topological polar surface area (TPSA) is 127 Å². The van der Waals surface area contributed by atoms with Gasteiger partial charge in [0.05, 0.1) is 30.9 Å². The number of nitrogens with one attached hydrogen (secondary N) is 2. The first-order valence-corrected chi connectivity index (χ1v) is 14.6. The monoisotopic (exact) mass is 603 g/mol. The summed E-state index contributed by atoms with van der Waals surface area (Å²) in [5.41, 5.74) is 1.76. The highest BCUT2D eigenvalue weighted by Gasteiger charge is 2.56. The second kappa shape index (κ2) is 11.4. The fourth-order valence-corrected chi connectivity index (χ4v) is 7.70. The van der Waals surface area contributed by atoms with E-state index in [1.165, 1.54) is 16.7 Å². The van der Waals surface area contributed by atoms with Crippen LogP contribution >= 0.6 is 23.1 Å². The summed E-state index contributed by atoms with van der Waals surface area (Å²) >= 11 is 2.24. The van der Waals surface area contributed by atoms with Gasteiger partial charge in [0.15, 0.2) is 6.61 Å². The number of imide groups is 1. The molecule has 42 heavy (non-hydrogen) atoms. The maximum Gasteiger partial charge on any atom is 0.305 e. The summed E-state index contributed by atoms with van der Waals surface area (Å²) in [7, 11) is 3.11. The van der Waals surface area contributed by atoms with E-state index >= 15 is 0 Å². The summed E-state index contributed by atoms with van der Waals surface area (Å²) in [6.45, 7) is -0.243. The molecule has 2 aliphatic heterocycles. The minimum absolute atomic E-state index is 0.243. The number of rotatable bonds is 8. The first kappa shape index (κ1) is 27.6. The zero-order valence-corrected chi connectivity index (χ0v) is 24.1. The lowest BCUT2D eigenvalue weighted by Gasteiger charge is -2.30. The molecule has 10 nitrogen and oxygen atoms in total. The molecule has 1 fully saturated rings. The summed E-state index contributed by atoms with van der Waals surface area (Å²) in [6.07, 6.45) is 0. The highest BCUT2D eigenvalue weighted by molar-refractivity contribution is 8.00. The fraction of sp³-hybridized carbons (Fsp3) is 0.200. The lowest BCUT2D eigenvalue weighted by molar-refractivity contribution is -0.122. The molecule has 0 aliphatic carbocycles. The molecule has 3 heterocycles. The van der Waals surface area contributed by atoms with E-state index in [-0.39, 0.29) is 29.2 Å². The molecule has 12 heteroatoms. The van der Waals surface area contributed by atoms with E-state index in [2.05, 4.69) is 10.3 Å². The number of hydrogen-bond acceptors (Lipinski definition) is 9. The Balaban J connectivity index is 1.26. The molecule has 214 valence electrons. The van der Waals surface area contributed by atoms with Crippen LogP contribution in [0.15, 0.2) is 82.6 Å². The molecule has 3 aromatic carbocycles. The number of methoxy groups -OCH3 is 2. The lowest BCUT2D eigenvalue weighted by Crippen LogP contribution is -2.32. The number of H-pyrrole nitrogens is 1. The molecular weight excluding hydrogens is 578 g/mol. The zero-order valence-electron chi connectivity index (χ0n) is 22.5. The molecule has 0 radical (unpaired) electrons. The average molecular weight is 604 g/mol. The number of benzene rings is 3. The summed E-state index contributed by atoms with van der Waals surface area (Å²) < 4.78 is 16.1. The van der Waals surface area contributed by atoms with Gasteiger partial charge in [0.2, 0.25) is 11.8 Å². The van der Waals surface area contributed by atoms with Gasteiger partial charge in [-0.1, -0.05) is 35.2 Å². The van der Waals surface area contributed by atoms with E-state index in [0.717, 1.165) is 11.3 Å². The van der Waals surface area contributed by atoms with Crippen LogP contribution in [-0.2, 0) is 14.4 Å². The molecular formula is C30H25N3O7S2. The molecule has 3 atom stereocenters. The number of carbonyl (C=O) groups excluding carboxylic acids is 3. The Bertz CT molecular complexity index is 1720. The Kier molecular flexibility index (Phi) is 7.48. The van der Waals surface area contributed by atoms with Gasteiger partial charge in [0.25, 0.3) is 5.91 Å². The molecule has 0 unspecified atom stereocenters. The smallest absolute Gasteiger partial charge is 0.305 e. The van der Waals surface area contributed by atoms with Crippen molar-refractivity contribution in [1.29, 1.82) is 0 Å². The summed E-state index contributed by atoms with van der Waals surface area (Å²) in [6, 6.07) is 20.7. The summed E-state index contributed by atoms with van der Waals surface area (Å²) in [5, 5.41) is 2.63. The van der Waals surface area contributed by atoms with Crippen molar-refractivity contribution >= 4 is 52.2 Å². The van der Waals surface area contributed by atoms with E-state index in [4.69, 9.17) is 14.2 Å². The molecule has 0 saturated carbocycles. The van der Waals surface area contributed by atoms with Crippen LogP contribution in [0.4, 0.5) is 11.4 Å². The molecule has 2 aliphatic rings. The van der Waals surface area contributed by atoms with Gasteiger partial charge in [-0.2, -0.15) is 0 Å². The van der Waals surface area contributed by atoms with Crippen molar-refractivity contribution in [2.75, 3.05) is 31.0 Å². The quantitative estimate of drug-likeness (QED) is 0.286. The van der Waals surface area contributed by atoms with Crippen molar-refractivity contribution in [3.8, 4) is 17.2 Å². The van der Waals surface area contributed by atoms with Gasteiger partial charge >= 0.3 is 4.87 Å². The molecule has 1 saturated heterocycles. The number of aromatic nitrogens is 1. The SMILES string of the molecule is COc1ccc(NC(=O)COc2cccc([C@@H]3c4sc(=O)[nH]c4S[C@H]4C(=O)N(c5ccc(OC)cc5)C(=O)[C@@H]34)c2)cc1. The number of fused-ring (bicyclic) bond motifs is 2. The van der Waals surface area contributed by atoms with Crippen LogP contribution in [0.5, 0.6) is 17.2 Å². The largest absolute Gasteiger partial charge is 0.497 e. The van der Waals surface area contributed by atoms with Crippen LogP contribution in [0.1, 0.15) is 16.4 Å². The zero-order chi connectivity index (χ0) is 29.4. The predicted octanol–water partition coefficient (Wildman–Crippen LogP) is 4.27. The predicted molar refractivity (Wildman–Crippen MR) is 159 cm³/mol. The van der Waals surface area contributed by atoms with Gasteiger partial charge in [-0.05, 0) is 66.2 Å². The number of hydrogen-bond donors (Lipinski definition) is 2. The third-order valence-electron chi connectivity index (χ3n) is 7.12. The minimum Gasteiger partial charge on any atom is -0.497 e. The first-order chi connectivity index (χ1) is 20.4. The highest BCUT2D eigenvalue weighted by Crippen LogP contribution is 2.53. The number of amides is 3. The van der Waals surface area contributed by atoms with Crippen LogP contribution in [0, 0.1) is 5.92 Å². The van der Waals surface area contributed by atoms with Crippen LogP contribution in [-0.4, -0.2) is 48.8 Å². The second-order valence-corrected chi connectivity index (χ2v) is 11.8. The highest BCUT2D eigenvalue weighted by atomic mass is 32.2. The Morgan fingerprint density at radius 2 is 1.60 bits per heavy atom. The van der Waals surface area contributed by atoms with Gasteiger partial charge in [-0.25, -0.2) is 4.90 Å². The third-order valence-corrected chi connectivity index (χ3v) is 9.52. The molecule has 3 amide bonds. The van der Waals surface area contributed by atoms with Crippen molar-refractivity contribution in [2.24, 2.45) is 5.92 Å². The van der Waals surface area contributed by atoms with E-state index in [0.29, 0.717) is 44.1 Å². The number of thiazole rings is 1. The molecule has 0 bridgehead atoms. The van der Waals surface area contributed by atoms with Crippen LogP contribution < -0.4 is 29.3 Å². The van der Waals surface area contributed by atoms with E-state index < -0.39 is 17.1 Å². The van der Waals surface area contributed by atoms with Gasteiger partial charge in [0.1, 0.15) is 22.5 Å². The van der Waals surface area contributed by atoms with Crippen LogP contribution in [0.3, 0.4) is 0 Å². The van der Waals surface area contributed by atoms with Crippen molar-refractivity contribution in [2.45, 2.75) is 16.2 Å². The van der Waals surface area contributed by atoms with Crippen molar-refractivity contribution in [3.63, 3.8) is 0 Å². The van der Waals surface area contributed by atoms with E-state index in [1.54, 1.807) is 80.9 Å². The maximum absolute atomic E-state index is 13.9. The second-order valence-electron chi connectivity index (χ2n) is 9.60. The Labute approximate surface area is 248 Å². The molecule has 4 aromatic rings. The van der Waals surface area contributed by atoms with Gasteiger partial charge in [-0.3, -0.25) is 19.2 Å². The number of thioether (sulfide) groups is 1. The Morgan fingerprint density at radius 1 is 0.905 bits per heavy atom. The standard InChI is InChI=1S/C30H25N3O7S2/c1-38-19-10-6-17(7-11-19)31-22(34)15-40-21-5-3-4-16(14-21)23-24-26(41-27-25(23)42-30(37)32-27)29(36)33(28(24)35)18-8-12-20(39-2)13-9-18/h3-14,23-24,26H,15H2,1-2H3,(H,31,34)(H,32,37)/t23-,24-,26+/m0/s1. The Hall–Kier alpha value is -4.55. The van der Waals surface area contributed by atoms with E-state index in [9.17, 15) is 19.2 Å². The molecule has 0 spiro atoms. The van der Waals surface area contributed by atoms with Gasteiger partial charge in [0, 0.05) is 16.5 Å². The first-order valence-electron chi connectivity index (χ1n) is 12.9. The minimum atomic E-state index is -0.739. The van der Waals surface area contributed by atoms with Crippen LogP contribution in [0.25, 0.3) is 0 Å². The average Bonchev–Trinajstić information content (AvgIpc) is 3.50. The van der Waals surface area contributed by atoms with E-state index in [1.807, 2.05) is 6.07 Å². The Morgan fingerprint density at radius 3 is 2.29 bits per heavy atom. The van der Waals surface area contributed by atoms with Crippen molar-refractivity contribution in [3.05, 3.63) is 92.9 Å². The molecule has 2 N–H and O–H groups in total. The molecule has 1 aromatic heterocycles. The molecule has 6 rings (SSSR count). The normalized spacial score (nSPS) is 19.2. The van der Waals surface area contributed by atoms with Gasteiger partial charge < -0.3 is 24.5 Å². The fourth-order valence-electron chi connectivity index (χ4n) is 5.18.